The van der Waals surface area contributed by atoms with Crippen LogP contribution < -0.4 is 0 Å². The third-order valence-electron chi connectivity index (χ3n) is 4.10. The Hall–Kier alpha value is -1.56. The maximum absolute atomic E-state index is 2.35. The van der Waals surface area contributed by atoms with E-state index in [1.54, 1.807) is 0 Å². The lowest BCUT2D eigenvalue weighted by Gasteiger charge is -2.05. The van der Waals surface area contributed by atoms with Gasteiger partial charge in [-0.3, -0.25) is 0 Å². The largest absolute Gasteiger partial charge is 0.0622 e. The van der Waals surface area contributed by atoms with Crippen LogP contribution >= 0.6 is 0 Å². The van der Waals surface area contributed by atoms with Gasteiger partial charge in [-0.15, -0.1) is 0 Å². The summed E-state index contributed by atoms with van der Waals surface area (Å²) in [6.07, 6.45) is 7.78. The Morgan fingerprint density at radius 1 is 0.600 bits per heavy atom. The summed E-state index contributed by atoms with van der Waals surface area (Å²) in [4.78, 5) is 0. The molecule has 20 heavy (non-hydrogen) atoms. The van der Waals surface area contributed by atoms with Gasteiger partial charge in [0.1, 0.15) is 0 Å². The maximum Gasteiger partial charge on any atom is -0.0279 e. The molecule has 0 bridgehead atoms. The average molecular weight is 266 g/mol. The Labute approximate surface area is 123 Å². The van der Waals surface area contributed by atoms with E-state index < -0.39 is 0 Å². The molecule has 0 nitrogen and oxygen atoms in total. The minimum atomic E-state index is 1.23. The Balaban J connectivity index is 1.61. The highest BCUT2D eigenvalue weighted by atomic mass is 14.0. The molecule has 0 aromatic heterocycles. The van der Waals surface area contributed by atoms with E-state index in [0.29, 0.717) is 0 Å². The molecule has 0 N–H and O–H groups in total. The quantitative estimate of drug-likeness (QED) is 0.568. The van der Waals surface area contributed by atoms with Crippen molar-refractivity contribution in [3.8, 4) is 0 Å². The molecule has 0 unspecified atom stereocenters. The Morgan fingerprint density at radius 3 is 1.90 bits per heavy atom. The second-order valence-electron chi connectivity index (χ2n) is 5.82. The van der Waals surface area contributed by atoms with Crippen LogP contribution in [0.15, 0.2) is 48.5 Å². The number of rotatable bonds is 7. The number of aryl methyl sites for hydroxylation is 4. The molecule has 2 rings (SSSR count). The summed E-state index contributed by atoms with van der Waals surface area (Å²) in [7, 11) is 0. The molecule has 0 radical (unpaired) electrons. The molecule has 0 atom stereocenters. The summed E-state index contributed by atoms with van der Waals surface area (Å²) >= 11 is 0. The van der Waals surface area contributed by atoms with Crippen LogP contribution in [0, 0.1) is 13.8 Å². The van der Waals surface area contributed by atoms with Crippen molar-refractivity contribution >= 4 is 0 Å². The lowest BCUT2D eigenvalue weighted by atomic mass is 10.0. The Kier molecular flexibility index (Phi) is 5.86. The van der Waals surface area contributed by atoms with Crippen molar-refractivity contribution in [1.82, 2.24) is 0 Å². The molecular weight excluding hydrogens is 240 g/mol. The van der Waals surface area contributed by atoms with Gasteiger partial charge in [0.2, 0.25) is 0 Å². The third kappa shape index (κ3) is 4.85. The standard InChI is InChI=1S/C20H26/c1-17-14-15-20(16-18(17)2)13-7-4-3-6-10-19-11-8-5-9-12-19/h5,8-9,11-12,14-16H,3-4,6-7,10,13H2,1-2H3. The van der Waals surface area contributed by atoms with Crippen molar-refractivity contribution in [1.29, 1.82) is 0 Å². The summed E-state index contributed by atoms with van der Waals surface area (Å²) in [6.45, 7) is 4.39. The molecule has 0 amide bonds. The van der Waals surface area contributed by atoms with Gasteiger partial charge in [-0.2, -0.15) is 0 Å². The van der Waals surface area contributed by atoms with Gasteiger partial charge in [-0.1, -0.05) is 61.4 Å². The van der Waals surface area contributed by atoms with Crippen LogP contribution in [0.3, 0.4) is 0 Å². The molecule has 0 fully saturated rings. The first-order valence-corrected chi connectivity index (χ1v) is 7.86. The van der Waals surface area contributed by atoms with Crippen LogP contribution in [0.2, 0.25) is 0 Å². The molecule has 0 spiro atoms. The maximum atomic E-state index is 2.35. The topological polar surface area (TPSA) is 0 Å². The van der Waals surface area contributed by atoms with E-state index in [9.17, 15) is 0 Å². The number of hydrogen-bond donors (Lipinski definition) is 0. The van der Waals surface area contributed by atoms with Crippen molar-refractivity contribution in [2.45, 2.75) is 52.4 Å². The van der Waals surface area contributed by atoms with Gasteiger partial charge in [0.25, 0.3) is 0 Å². The summed E-state index contributed by atoms with van der Waals surface area (Å²) in [5.74, 6) is 0. The molecule has 0 saturated heterocycles. The van der Waals surface area contributed by atoms with E-state index in [1.807, 2.05) is 0 Å². The number of hydrogen-bond acceptors (Lipinski definition) is 0. The number of unbranched alkanes of at least 4 members (excludes halogenated alkanes) is 3. The zero-order valence-corrected chi connectivity index (χ0v) is 12.9. The van der Waals surface area contributed by atoms with E-state index in [4.69, 9.17) is 0 Å². The highest BCUT2D eigenvalue weighted by molar-refractivity contribution is 5.29. The van der Waals surface area contributed by atoms with Gasteiger partial charge >= 0.3 is 0 Å². The number of benzene rings is 2. The van der Waals surface area contributed by atoms with Gasteiger partial charge in [0, 0.05) is 0 Å². The molecule has 0 heterocycles. The van der Waals surface area contributed by atoms with Crippen molar-refractivity contribution in [3.63, 3.8) is 0 Å². The van der Waals surface area contributed by atoms with Crippen molar-refractivity contribution in [2.75, 3.05) is 0 Å². The van der Waals surface area contributed by atoms with Gasteiger partial charge in [0.05, 0.1) is 0 Å². The van der Waals surface area contributed by atoms with E-state index in [1.165, 1.54) is 60.8 Å². The molecule has 2 aromatic rings. The fourth-order valence-corrected chi connectivity index (χ4v) is 2.62. The van der Waals surface area contributed by atoms with Crippen molar-refractivity contribution in [2.24, 2.45) is 0 Å². The SMILES string of the molecule is Cc1ccc(CCCCCCc2ccccc2)cc1C. The van der Waals surface area contributed by atoms with Crippen molar-refractivity contribution < 1.29 is 0 Å². The predicted octanol–water partition coefficient (Wildman–Crippen LogP) is 5.65. The minimum Gasteiger partial charge on any atom is -0.0622 e. The smallest absolute Gasteiger partial charge is 0.0279 e. The first-order valence-electron chi connectivity index (χ1n) is 7.86. The van der Waals surface area contributed by atoms with Crippen LogP contribution in [-0.2, 0) is 12.8 Å². The Morgan fingerprint density at radius 2 is 1.25 bits per heavy atom. The zero-order chi connectivity index (χ0) is 14.2. The van der Waals surface area contributed by atoms with Gasteiger partial charge < -0.3 is 0 Å². The molecule has 106 valence electrons. The molecule has 0 saturated carbocycles. The van der Waals surface area contributed by atoms with Gasteiger partial charge in [0.15, 0.2) is 0 Å². The third-order valence-corrected chi connectivity index (χ3v) is 4.10. The van der Waals surface area contributed by atoms with Crippen LogP contribution in [0.25, 0.3) is 0 Å². The van der Waals surface area contributed by atoms with E-state index in [-0.39, 0.29) is 0 Å². The minimum absolute atomic E-state index is 1.23. The molecule has 0 aliphatic rings. The van der Waals surface area contributed by atoms with E-state index in [0.717, 1.165) is 0 Å². The summed E-state index contributed by atoms with van der Waals surface area (Å²) < 4.78 is 0. The average Bonchev–Trinajstić information content (AvgIpc) is 2.47. The molecule has 0 aliphatic heterocycles. The van der Waals surface area contributed by atoms with Crippen LogP contribution in [0.4, 0.5) is 0 Å². The first-order chi connectivity index (χ1) is 9.75. The van der Waals surface area contributed by atoms with Crippen LogP contribution in [-0.4, -0.2) is 0 Å². The lowest BCUT2D eigenvalue weighted by molar-refractivity contribution is 0.640. The highest BCUT2D eigenvalue weighted by Gasteiger charge is 1.97. The molecular formula is C20H26. The van der Waals surface area contributed by atoms with E-state index in [2.05, 4.69) is 62.4 Å². The fraction of sp³-hybridized carbons (Fsp3) is 0.400. The molecule has 2 aromatic carbocycles. The van der Waals surface area contributed by atoms with Crippen molar-refractivity contribution in [3.05, 3.63) is 70.8 Å². The second kappa shape index (κ2) is 7.89. The molecule has 0 heteroatoms. The zero-order valence-electron chi connectivity index (χ0n) is 12.9. The second-order valence-corrected chi connectivity index (χ2v) is 5.82. The molecule has 0 aliphatic carbocycles. The van der Waals surface area contributed by atoms with Crippen LogP contribution in [0.1, 0.15) is 47.9 Å². The monoisotopic (exact) mass is 266 g/mol. The van der Waals surface area contributed by atoms with Gasteiger partial charge in [-0.05, 0) is 61.8 Å². The van der Waals surface area contributed by atoms with E-state index >= 15 is 0 Å². The fourth-order valence-electron chi connectivity index (χ4n) is 2.62. The summed E-state index contributed by atoms with van der Waals surface area (Å²) in [5.41, 5.74) is 5.79. The first kappa shape index (κ1) is 14.8. The normalized spacial score (nSPS) is 10.7. The summed E-state index contributed by atoms with van der Waals surface area (Å²) in [6, 6.07) is 17.7. The highest BCUT2D eigenvalue weighted by Crippen LogP contribution is 2.14. The lowest BCUT2D eigenvalue weighted by Crippen LogP contribution is -1.90. The summed E-state index contributed by atoms with van der Waals surface area (Å²) in [5, 5.41) is 0. The Bertz CT molecular complexity index is 511. The predicted molar refractivity (Wildman–Crippen MR) is 88.2 cm³/mol. The van der Waals surface area contributed by atoms with Gasteiger partial charge in [-0.25, -0.2) is 0 Å². The van der Waals surface area contributed by atoms with Crippen LogP contribution in [0.5, 0.6) is 0 Å².